The Morgan fingerprint density at radius 1 is 1.14 bits per heavy atom. The summed E-state index contributed by atoms with van der Waals surface area (Å²) in [4.78, 5) is 21.1. The molecule has 1 fully saturated rings. The largest absolute Gasteiger partial charge is 0.497 e. The minimum atomic E-state index is -5.14. The van der Waals surface area contributed by atoms with Gasteiger partial charge in [-0.1, -0.05) is 12.7 Å². The Balaban J connectivity index is 1.46. The molecule has 0 bridgehead atoms. The lowest BCUT2D eigenvalue weighted by Crippen LogP contribution is -2.53. The molecule has 0 radical (unpaired) electrons. The highest BCUT2D eigenvalue weighted by atomic mass is 19.4. The highest BCUT2D eigenvalue weighted by Crippen LogP contribution is 2.36. The smallest absolute Gasteiger partial charge is 0.436 e. The molecule has 42 heavy (non-hydrogen) atoms. The summed E-state index contributed by atoms with van der Waals surface area (Å²) in [6, 6.07) is 7.20. The van der Waals surface area contributed by atoms with Crippen molar-refractivity contribution in [2.45, 2.75) is 25.7 Å². The number of methoxy groups -OCH3 is 1. The summed E-state index contributed by atoms with van der Waals surface area (Å²) in [6.45, 7) is 6.32. The van der Waals surface area contributed by atoms with Crippen LogP contribution >= 0.6 is 0 Å². The van der Waals surface area contributed by atoms with E-state index in [1.54, 1.807) is 6.92 Å². The number of hydrogen-bond acceptors (Lipinski definition) is 5. The van der Waals surface area contributed by atoms with Crippen molar-refractivity contribution in [2.75, 3.05) is 26.7 Å². The first-order valence-corrected chi connectivity index (χ1v) is 12.9. The second-order valence-corrected chi connectivity index (χ2v) is 9.89. The predicted octanol–water partition coefficient (Wildman–Crippen LogP) is 5.83. The second-order valence-electron chi connectivity index (χ2n) is 9.89. The molecule has 0 aliphatic carbocycles. The number of aromatic nitrogens is 3. The molecule has 1 aliphatic heterocycles. The Hall–Kier alpha value is -4.39. The summed E-state index contributed by atoms with van der Waals surface area (Å²) in [5, 5.41) is 3.69. The van der Waals surface area contributed by atoms with E-state index < -0.39 is 52.6 Å². The number of rotatable bonds is 6. The molecular formula is C29H25F6N5O2. The fourth-order valence-corrected chi connectivity index (χ4v) is 5.18. The fourth-order valence-electron chi connectivity index (χ4n) is 5.18. The van der Waals surface area contributed by atoms with E-state index in [1.807, 2.05) is 4.90 Å². The number of alkyl halides is 3. The molecule has 2 aromatic heterocycles. The van der Waals surface area contributed by atoms with Crippen LogP contribution in [-0.2, 0) is 12.7 Å². The standard InChI is InChI=1S/C29H25F6N5O2/c1-4-21-18(11-19(30)12-23(21)31)15-38-9-10-39(16(2)14-38)28(41)22-13-36-40-26(29(33,34)35)24(32)25(37-27(22)40)17-5-7-20(42-3)8-6-17/h4-8,11-13,16H,1,9-10,14-15H2,2-3H3/t16-/m1/s1. The highest BCUT2D eigenvalue weighted by Gasteiger charge is 2.41. The molecule has 0 saturated carbocycles. The van der Waals surface area contributed by atoms with Gasteiger partial charge in [-0.2, -0.15) is 18.3 Å². The van der Waals surface area contributed by atoms with Gasteiger partial charge in [-0.15, -0.1) is 0 Å². The van der Waals surface area contributed by atoms with Crippen LogP contribution in [0.25, 0.3) is 23.0 Å². The predicted molar refractivity (Wildman–Crippen MR) is 142 cm³/mol. The van der Waals surface area contributed by atoms with E-state index in [-0.39, 0.29) is 29.8 Å². The van der Waals surface area contributed by atoms with Gasteiger partial charge in [0.2, 0.25) is 0 Å². The summed E-state index contributed by atoms with van der Waals surface area (Å²) < 4.78 is 90.8. The number of halogens is 6. The van der Waals surface area contributed by atoms with Gasteiger partial charge in [0, 0.05) is 49.4 Å². The molecule has 4 aromatic rings. The molecule has 1 aliphatic rings. The number of ether oxygens (including phenoxy) is 1. The van der Waals surface area contributed by atoms with E-state index in [4.69, 9.17) is 4.74 Å². The summed E-state index contributed by atoms with van der Waals surface area (Å²) in [5.41, 5.74) is -2.32. The number of piperazine rings is 1. The van der Waals surface area contributed by atoms with Gasteiger partial charge in [-0.05, 0) is 42.8 Å². The maximum atomic E-state index is 15.3. The van der Waals surface area contributed by atoms with Gasteiger partial charge in [-0.3, -0.25) is 9.69 Å². The van der Waals surface area contributed by atoms with E-state index in [1.165, 1.54) is 48.4 Å². The quantitative estimate of drug-likeness (QED) is 0.265. The average Bonchev–Trinajstić information content (AvgIpc) is 3.34. The van der Waals surface area contributed by atoms with Gasteiger partial charge in [0.25, 0.3) is 5.91 Å². The molecule has 220 valence electrons. The zero-order valence-corrected chi connectivity index (χ0v) is 22.6. The molecule has 3 heterocycles. The van der Waals surface area contributed by atoms with Crippen LogP contribution in [0.4, 0.5) is 26.3 Å². The second kappa shape index (κ2) is 11.1. The molecule has 0 spiro atoms. The van der Waals surface area contributed by atoms with Crippen molar-refractivity contribution in [1.82, 2.24) is 24.4 Å². The van der Waals surface area contributed by atoms with Crippen molar-refractivity contribution < 1.29 is 35.9 Å². The number of fused-ring (bicyclic) bond motifs is 1. The SMILES string of the molecule is C=Cc1c(F)cc(F)cc1CN1CCN(C(=O)c2cnn3c(C(F)(F)F)c(F)c(-c4ccc(OC)cc4)nc23)[C@H](C)C1. The third-order valence-corrected chi connectivity index (χ3v) is 7.20. The minimum Gasteiger partial charge on any atom is -0.497 e. The molecule has 2 aromatic carbocycles. The van der Waals surface area contributed by atoms with Crippen molar-refractivity contribution in [1.29, 1.82) is 0 Å². The van der Waals surface area contributed by atoms with Crippen LogP contribution in [0.3, 0.4) is 0 Å². The Kier molecular flexibility index (Phi) is 7.71. The number of hydrogen-bond donors (Lipinski definition) is 0. The first-order chi connectivity index (χ1) is 19.9. The monoisotopic (exact) mass is 589 g/mol. The van der Waals surface area contributed by atoms with Crippen LogP contribution in [0, 0.1) is 17.5 Å². The van der Waals surface area contributed by atoms with Crippen LogP contribution in [-0.4, -0.2) is 63.1 Å². The van der Waals surface area contributed by atoms with Gasteiger partial charge >= 0.3 is 6.18 Å². The fraction of sp³-hybridized carbons (Fsp3) is 0.276. The number of benzene rings is 2. The van der Waals surface area contributed by atoms with Crippen molar-refractivity contribution in [2.24, 2.45) is 0 Å². The lowest BCUT2D eigenvalue weighted by atomic mass is 10.0. The topological polar surface area (TPSA) is 63.0 Å². The van der Waals surface area contributed by atoms with Crippen LogP contribution in [0.2, 0.25) is 0 Å². The summed E-state index contributed by atoms with van der Waals surface area (Å²) >= 11 is 0. The number of nitrogens with zero attached hydrogens (tertiary/aromatic N) is 5. The van der Waals surface area contributed by atoms with E-state index in [0.29, 0.717) is 28.9 Å². The normalized spacial score (nSPS) is 16.2. The molecule has 0 N–H and O–H groups in total. The molecule has 5 rings (SSSR count). The third kappa shape index (κ3) is 5.31. The van der Waals surface area contributed by atoms with Crippen molar-refractivity contribution in [3.63, 3.8) is 0 Å². The lowest BCUT2D eigenvalue weighted by Gasteiger charge is -2.40. The Bertz CT molecular complexity index is 1670. The molecule has 1 amide bonds. The van der Waals surface area contributed by atoms with Crippen LogP contribution < -0.4 is 4.74 Å². The molecule has 0 unspecified atom stereocenters. The summed E-state index contributed by atoms with van der Waals surface area (Å²) in [5.74, 6) is -3.30. The molecule has 1 atom stereocenters. The third-order valence-electron chi connectivity index (χ3n) is 7.20. The maximum absolute atomic E-state index is 15.3. The molecule has 13 heteroatoms. The molecular weight excluding hydrogens is 564 g/mol. The number of amides is 1. The first kappa shape index (κ1) is 29.1. The zero-order valence-electron chi connectivity index (χ0n) is 22.6. The minimum absolute atomic E-state index is 0.0514. The zero-order chi connectivity index (χ0) is 30.3. The summed E-state index contributed by atoms with van der Waals surface area (Å²) in [6.07, 6.45) is -2.88. The van der Waals surface area contributed by atoms with E-state index in [0.717, 1.165) is 12.3 Å². The van der Waals surface area contributed by atoms with E-state index >= 15 is 4.39 Å². The van der Waals surface area contributed by atoms with Gasteiger partial charge in [0.15, 0.2) is 17.2 Å². The van der Waals surface area contributed by atoms with E-state index in [2.05, 4.69) is 16.7 Å². The van der Waals surface area contributed by atoms with Gasteiger partial charge in [-0.25, -0.2) is 22.7 Å². The number of carbonyl (C=O) groups excluding carboxylic acids is 1. The number of carbonyl (C=O) groups is 1. The maximum Gasteiger partial charge on any atom is 0.436 e. The van der Waals surface area contributed by atoms with E-state index in [9.17, 15) is 26.7 Å². The van der Waals surface area contributed by atoms with Crippen LogP contribution in [0.5, 0.6) is 5.75 Å². The van der Waals surface area contributed by atoms with Gasteiger partial charge < -0.3 is 9.64 Å². The average molecular weight is 590 g/mol. The van der Waals surface area contributed by atoms with Crippen molar-refractivity contribution >= 4 is 17.6 Å². The Morgan fingerprint density at radius 3 is 2.48 bits per heavy atom. The first-order valence-electron chi connectivity index (χ1n) is 12.9. The van der Waals surface area contributed by atoms with Crippen molar-refractivity contribution in [3.8, 4) is 17.0 Å². The van der Waals surface area contributed by atoms with Crippen LogP contribution in [0.15, 0.2) is 49.2 Å². The van der Waals surface area contributed by atoms with Gasteiger partial charge in [0.1, 0.15) is 28.6 Å². The highest BCUT2D eigenvalue weighted by molar-refractivity contribution is 6.00. The molecule has 7 nitrogen and oxygen atoms in total. The summed E-state index contributed by atoms with van der Waals surface area (Å²) in [7, 11) is 1.41. The lowest BCUT2D eigenvalue weighted by molar-refractivity contribution is -0.145. The van der Waals surface area contributed by atoms with Crippen LogP contribution in [0.1, 0.15) is 34.1 Å². The Morgan fingerprint density at radius 2 is 1.86 bits per heavy atom. The Labute approximate surface area is 236 Å². The van der Waals surface area contributed by atoms with Gasteiger partial charge in [0.05, 0.1) is 13.3 Å². The molecule has 1 saturated heterocycles. The van der Waals surface area contributed by atoms with Crippen molar-refractivity contribution in [3.05, 3.63) is 89.0 Å².